The molecule has 1 aromatic rings. The molecule has 4 nitrogen and oxygen atoms in total. The van der Waals surface area contributed by atoms with Crippen molar-refractivity contribution in [2.45, 2.75) is 39.0 Å². The first-order valence-electron chi connectivity index (χ1n) is 7.00. The van der Waals surface area contributed by atoms with E-state index >= 15 is 0 Å². The summed E-state index contributed by atoms with van der Waals surface area (Å²) in [4.78, 5) is 23.1. The van der Waals surface area contributed by atoms with E-state index in [-0.39, 0.29) is 11.8 Å². The molecule has 0 fully saturated rings. The second kappa shape index (κ2) is 9.13. The molecule has 0 spiro atoms. The zero-order valence-electron chi connectivity index (χ0n) is 12.2. The molecule has 0 N–H and O–H groups in total. The number of hydrogen-bond donors (Lipinski definition) is 0. The number of carbonyl (C=O) groups excluding carboxylic acids is 2. The smallest absolute Gasteiger partial charge is 0.305 e. The Kier molecular flexibility index (Phi) is 7.40. The van der Waals surface area contributed by atoms with Gasteiger partial charge in [-0.05, 0) is 31.9 Å². The second-order valence-electron chi connectivity index (χ2n) is 4.52. The number of methoxy groups -OCH3 is 1. The van der Waals surface area contributed by atoms with E-state index in [4.69, 9.17) is 9.47 Å². The highest BCUT2D eigenvalue weighted by Gasteiger charge is 2.07. The minimum Gasteiger partial charge on any atom is -0.497 e. The summed E-state index contributed by atoms with van der Waals surface area (Å²) in [7, 11) is 1.58. The minimum atomic E-state index is -0.161. The van der Waals surface area contributed by atoms with Crippen molar-refractivity contribution >= 4 is 11.8 Å². The fraction of sp³-hybridized carbons (Fsp3) is 0.500. The molecule has 0 saturated heterocycles. The third-order valence-corrected chi connectivity index (χ3v) is 2.98. The molecule has 1 aromatic carbocycles. The number of Topliss-reactive ketones (excluding diaryl/α,β-unsaturated/α-hetero) is 1. The van der Waals surface area contributed by atoms with Gasteiger partial charge in [-0.3, -0.25) is 9.59 Å². The van der Waals surface area contributed by atoms with E-state index in [0.29, 0.717) is 30.8 Å². The zero-order valence-corrected chi connectivity index (χ0v) is 12.2. The summed E-state index contributed by atoms with van der Waals surface area (Å²) in [6.45, 7) is 2.22. The molecule has 20 heavy (non-hydrogen) atoms. The third-order valence-electron chi connectivity index (χ3n) is 2.98. The summed E-state index contributed by atoms with van der Waals surface area (Å²) in [5, 5.41) is 0. The summed E-state index contributed by atoms with van der Waals surface area (Å²) in [5.41, 5.74) is 0.676. The van der Waals surface area contributed by atoms with Gasteiger partial charge in [-0.1, -0.05) is 18.6 Å². The first-order chi connectivity index (χ1) is 9.67. The van der Waals surface area contributed by atoms with Crippen molar-refractivity contribution in [1.29, 1.82) is 0 Å². The Morgan fingerprint density at radius 3 is 2.55 bits per heavy atom. The molecule has 0 atom stereocenters. The van der Waals surface area contributed by atoms with Crippen molar-refractivity contribution in [1.82, 2.24) is 0 Å². The van der Waals surface area contributed by atoms with Gasteiger partial charge in [0.1, 0.15) is 5.75 Å². The van der Waals surface area contributed by atoms with Gasteiger partial charge in [-0.15, -0.1) is 0 Å². The van der Waals surface area contributed by atoms with E-state index in [9.17, 15) is 9.59 Å². The van der Waals surface area contributed by atoms with Gasteiger partial charge in [0.05, 0.1) is 13.7 Å². The lowest BCUT2D eigenvalue weighted by Crippen LogP contribution is -2.03. The quantitative estimate of drug-likeness (QED) is 0.395. The van der Waals surface area contributed by atoms with Crippen LogP contribution in [-0.4, -0.2) is 25.5 Å². The number of esters is 1. The summed E-state index contributed by atoms with van der Waals surface area (Å²) in [5.74, 6) is 0.643. The topological polar surface area (TPSA) is 52.6 Å². The third kappa shape index (κ3) is 5.87. The van der Waals surface area contributed by atoms with Crippen molar-refractivity contribution in [2.75, 3.05) is 13.7 Å². The molecule has 0 amide bonds. The number of rotatable bonds is 9. The highest BCUT2D eigenvalue weighted by Crippen LogP contribution is 2.15. The van der Waals surface area contributed by atoms with Crippen molar-refractivity contribution in [3.05, 3.63) is 29.8 Å². The second-order valence-corrected chi connectivity index (χ2v) is 4.52. The predicted molar refractivity (Wildman–Crippen MR) is 77.0 cm³/mol. The molecule has 0 unspecified atom stereocenters. The molecule has 0 bridgehead atoms. The van der Waals surface area contributed by atoms with Crippen molar-refractivity contribution in [3.8, 4) is 5.75 Å². The number of hydrogen-bond acceptors (Lipinski definition) is 4. The van der Waals surface area contributed by atoms with Crippen LogP contribution in [0.2, 0.25) is 0 Å². The molecular weight excluding hydrogens is 256 g/mol. The van der Waals surface area contributed by atoms with E-state index in [1.54, 1.807) is 26.2 Å². The van der Waals surface area contributed by atoms with Crippen LogP contribution in [-0.2, 0) is 9.53 Å². The molecule has 0 aliphatic carbocycles. The molecule has 0 saturated carbocycles. The maximum absolute atomic E-state index is 12.0. The van der Waals surface area contributed by atoms with E-state index in [0.717, 1.165) is 19.3 Å². The zero-order chi connectivity index (χ0) is 14.8. The van der Waals surface area contributed by atoms with Crippen LogP contribution in [0.1, 0.15) is 49.4 Å². The van der Waals surface area contributed by atoms with E-state index in [1.165, 1.54) is 0 Å². The van der Waals surface area contributed by atoms with Crippen LogP contribution in [0.5, 0.6) is 5.75 Å². The highest BCUT2D eigenvalue weighted by molar-refractivity contribution is 5.96. The normalized spacial score (nSPS) is 10.1. The Morgan fingerprint density at radius 1 is 1.10 bits per heavy atom. The van der Waals surface area contributed by atoms with Gasteiger partial charge < -0.3 is 9.47 Å². The first-order valence-corrected chi connectivity index (χ1v) is 7.00. The Hall–Kier alpha value is -1.84. The van der Waals surface area contributed by atoms with Crippen LogP contribution >= 0.6 is 0 Å². The summed E-state index contributed by atoms with van der Waals surface area (Å²) in [6.07, 6.45) is 3.34. The summed E-state index contributed by atoms with van der Waals surface area (Å²) in [6, 6.07) is 7.17. The molecular formula is C16H22O4. The average molecular weight is 278 g/mol. The molecule has 0 heterocycles. The molecule has 0 aliphatic rings. The van der Waals surface area contributed by atoms with Crippen LogP contribution in [0.4, 0.5) is 0 Å². The van der Waals surface area contributed by atoms with Gasteiger partial charge in [0.15, 0.2) is 5.78 Å². The molecule has 4 heteroatoms. The first kappa shape index (κ1) is 16.2. The van der Waals surface area contributed by atoms with Gasteiger partial charge in [0, 0.05) is 18.4 Å². The van der Waals surface area contributed by atoms with Crippen molar-refractivity contribution < 1.29 is 19.1 Å². The lowest BCUT2D eigenvalue weighted by Gasteiger charge is -2.04. The van der Waals surface area contributed by atoms with Gasteiger partial charge in [0.25, 0.3) is 0 Å². The number of carbonyl (C=O) groups is 2. The maximum Gasteiger partial charge on any atom is 0.305 e. The minimum absolute atomic E-state index is 0.111. The van der Waals surface area contributed by atoms with E-state index < -0.39 is 0 Å². The SMILES string of the molecule is CCOC(=O)CCCCCC(=O)c1cccc(OC)c1. The van der Waals surface area contributed by atoms with Crippen molar-refractivity contribution in [3.63, 3.8) is 0 Å². The maximum atomic E-state index is 12.0. The number of unbranched alkanes of at least 4 members (excludes halogenated alkanes) is 2. The van der Waals surface area contributed by atoms with Crippen LogP contribution in [0.15, 0.2) is 24.3 Å². The summed E-state index contributed by atoms with van der Waals surface area (Å²) >= 11 is 0. The molecule has 0 aromatic heterocycles. The van der Waals surface area contributed by atoms with Crippen molar-refractivity contribution in [2.24, 2.45) is 0 Å². The monoisotopic (exact) mass is 278 g/mol. The Bertz CT molecular complexity index is 440. The predicted octanol–water partition coefficient (Wildman–Crippen LogP) is 3.39. The largest absolute Gasteiger partial charge is 0.497 e. The van der Waals surface area contributed by atoms with Gasteiger partial charge >= 0.3 is 5.97 Å². The Labute approximate surface area is 120 Å². The Balaban J connectivity index is 2.24. The lowest BCUT2D eigenvalue weighted by molar-refractivity contribution is -0.143. The fourth-order valence-corrected chi connectivity index (χ4v) is 1.91. The number of ketones is 1. The van der Waals surface area contributed by atoms with E-state index in [2.05, 4.69) is 0 Å². The number of ether oxygens (including phenoxy) is 2. The fourth-order valence-electron chi connectivity index (χ4n) is 1.91. The Morgan fingerprint density at radius 2 is 1.85 bits per heavy atom. The van der Waals surface area contributed by atoms with Crippen LogP contribution in [0.3, 0.4) is 0 Å². The summed E-state index contributed by atoms with van der Waals surface area (Å²) < 4.78 is 9.94. The highest BCUT2D eigenvalue weighted by atomic mass is 16.5. The number of benzene rings is 1. The van der Waals surface area contributed by atoms with Crippen LogP contribution in [0, 0.1) is 0 Å². The standard InChI is InChI=1S/C16H22O4/c1-3-20-16(18)11-6-4-5-10-15(17)13-8-7-9-14(12-13)19-2/h7-9,12H,3-6,10-11H2,1-2H3. The lowest BCUT2D eigenvalue weighted by atomic mass is 10.0. The molecule has 0 radical (unpaired) electrons. The van der Waals surface area contributed by atoms with Crippen LogP contribution in [0.25, 0.3) is 0 Å². The molecule has 1 rings (SSSR count). The molecule has 110 valence electrons. The average Bonchev–Trinajstić information content (AvgIpc) is 2.47. The van der Waals surface area contributed by atoms with Crippen LogP contribution < -0.4 is 4.74 Å². The van der Waals surface area contributed by atoms with Gasteiger partial charge in [0.2, 0.25) is 0 Å². The van der Waals surface area contributed by atoms with Gasteiger partial charge in [-0.2, -0.15) is 0 Å². The van der Waals surface area contributed by atoms with E-state index in [1.807, 2.05) is 12.1 Å². The van der Waals surface area contributed by atoms with Gasteiger partial charge in [-0.25, -0.2) is 0 Å². The molecule has 0 aliphatic heterocycles.